The van der Waals surface area contributed by atoms with Crippen LogP contribution in [0.4, 0.5) is 0 Å². The van der Waals surface area contributed by atoms with Gasteiger partial charge in [0, 0.05) is 0 Å². The van der Waals surface area contributed by atoms with Gasteiger partial charge in [-0.25, -0.2) is 0 Å². The maximum atomic E-state index is 6.25. The van der Waals surface area contributed by atoms with Gasteiger partial charge in [0.1, 0.15) is 0 Å². The van der Waals surface area contributed by atoms with Gasteiger partial charge in [0.2, 0.25) is 0 Å². The van der Waals surface area contributed by atoms with Crippen LogP contribution in [-0.4, -0.2) is 71.7 Å². The minimum absolute atomic E-state index is 0. The fourth-order valence-corrected chi connectivity index (χ4v) is 0. The van der Waals surface area contributed by atoms with E-state index in [-0.39, 0.29) is 56.6 Å². The third kappa shape index (κ3) is 1750. The summed E-state index contributed by atoms with van der Waals surface area (Å²) >= 11 is 9.50. The third-order valence-corrected chi connectivity index (χ3v) is 0. The predicted octanol–water partition coefficient (Wildman–Crippen LogP) is 0.204. The van der Waals surface area contributed by atoms with E-state index < -0.39 is 0 Å². The van der Waals surface area contributed by atoms with E-state index in [2.05, 4.69) is 26.2 Å². The van der Waals surface area contributed by atoms with Crippen molar-refractivity contribution in [1.82, 2.24) is 0 Å². The number of rotatable bonds is 0. The Morgan fingerprint density at radius 1 is 0.186 bits per heavy atom. The van der Waals surface area contributed by atoms with Crippen molar-refractivity contribution in [2.24, 2.45) is 0 Å². The van der Waals surface area contributed by atoms with Gasteiger partial charge in [0.25, 0.3) is 0 Å². The summed E-state index contributed by atoms with van der Waals surface area (Å²) in [5, 5.41) is 112. The summed E-state index contributed by atoms with van der Waals surface area (Å²) in [6, 6.07) is 0. The van der Waals surface area contributed by atoms with E-state index in [1.165, 1.54) is 32.1 Å². The zero-order valence-electron chi connectivity index (χ0n) is 20.4. The largest absolute Gasteiger partial charge is 3.00 e. The van der Waals surface area contributed by atoms with Crippen molar-refractivity contribution in [2.75, 3.05) is 0 Å². The Labute approximate surface area is 324 Å². The normalized spacial score (nSPS) is 1.02. The first-order valence-corrected chi connectivity index (χ1v) is 12.8. The Bertz CT molecular complexity index is 408. The van der Waals surface area contributed by atoms with E-state index in [0.717, 1.165) is 0 Å². The molecule has 18 nitrogen and oxygen atoms in total. The van der Waals surface area contributed by atoms with Gasteiger partial charge in [-0.3, -0.25) is 0 Å². The van der Waals surface area contributed by atoms with Gasteiger partial charge < -0.3 is 213 Å². The second-order valence-electron chi connectivity index (χ2n) is 0. The van der Waals surface area contributed by atoms with E-state index in [1.54, 1.807) is 0 Å². The summed E-state index contributed by atoms with van der Waals surface area (Å²) < 4.78 is 0. The summed E-state index contributed by atoms with van der Waals surface area (Å²) in [6.07, 6.45) is 0. The quantitative estimate of drug-likeness (QED) is 0.231. The first kappa shape index (κ1) is 232. The molecule has 0 rings (SSSR count). The van der Waals surface area contributed by atoms with E-state index in [4.69, 9.17) is 213 Å². The van der Waals surface area contributed by atoms with E-state index >= 15 is 0 Å². The molecule has 206 valence electrons. The van der Waals surface area contributed by atoms with Gasteiger partial charge in [0.15, 0.2) is 0 Å². The average molecular weight is 915 g/mol. The molecule has 0 atom stereocenters. The summed E-state index contributed by atoms with van der Waals surface area (Å²) in [4.78, 5) is 0. The molecule has 0 bridgehead atoms. The van der Waals surface area contributed by atoms with E-state index in [1.807, 2.05) is 0 Å². The van der Waals surface area contributed by atoms with Gasteiger partial charge in [-0.1, -0.05) is 0 Å². The van der Waals surface area contributed by atoms with Crippen LogP contribution in [-0.2, 0) is 43.2 Å². The van der Waals surface area contributed by atoms with E-state index in [9.17, 15) is 0 Å². The second kappa shape index (κ2) is 1850. The summed E-state index contributed by atoms with van der Waals surface area (Å²) in [6.45, 7) is 85.5. The van der Waals surface area contributed by atoms with Crippen LogP contribution in [0.3, 0.4) is 0 Å². The Morgan fingerprint density at radius 2 is 0.186 bits per heavy atom. The van der Waals surface area contributed by atoms with Crippen LogP contribution < -0.4 is 0 Å². The standard InChI is InChI=1S/18CN.3Fe.4Ga/c18*1-2;;;;;;;/q18*-1;;;+4;;;2*+3. The van der Waals surface area contributed by atoms with Crippen LogP contribution >= 0.6 is 0 Å². The molecule has 0 unspecified atom stereocenters. The molecular weight excluding hydrogens is 915 g/mol. The van der Waals surface area contributed by atoms with Crippen LogP contribution in [0.15, 0.2) is 0 Å². The molecule has 0 fully saturated rings. The summed E-state index contributed by atoms with van der Waals surface area (Å²) in [7, 11) is 0. The third-order valence-electron chi connectivity index (χ3n) is 0. The molecule has 25 heteroatoms. The summed E-state index contributed by atoms with van der Waals surface area (Å²) in [5.41, 5.74) is 0. The van der Waals surface area contributed by atoms with Crippen LogP contribution in [0.2, 0.25) is 0 Å². The SMILES string of the molecule is [C-]#N.[C-]#N.[C-]#N.[C-]#N.[C-]#N.[C-]#N.[C-]#N.[C-]#N.[C-]#N.[C-]#N.[C-]#N.[C-]#N.[C-]#N.[C-]#N.[C-]#N.[C-]#N.[C-]#N.[C-]#N.[Fe+4].[Fe]=[Ga].[Fe]=[Ga].[Ga+3].[Ga+3]. The predicted molar refractivity (Wildman–Crippen MR) is 112 cm³/mol. The molecule has 0 aliphatic carbocycles. The zero-order chi connectivity index (χ0) is 40.0. The fraction of sp³-hybridized carbons (Fsp3) is 0. The first-order valence-electron chi connectivity index (χ1n) is 4.43. The molecule has 0 saturated carbocycles. The second-order valence-corrected chi connectivity index (χ2v) is 0. The van der Waals surface area contributed by atoms with Crippen molar-refractivity contribution in [3.05, 3.63) is 118 Å². The monoisotopic (exact) mass is 912 g/mol. The van der Waals surface area contributed by atoms with Crippen LogP contribution in [0.5, 0.6) is 0 Å². The number of nitrogens with zero attached hydrogens (tertiary/aromatic N) is 18. The molecule has 0 heterocycles. The maximum absolute atomic E-state index is 6.25. The van der Waals surface area contributed by atoms with Crippen molar-refractivity contribution in [3.8, 4) is 0 Å². The van der Waals surface area contributed by atoms with Gasteiger partial charge in [0.05, 0.1) is 0 Å². The smallest absolute Gasteiger partial charge is 3.00 e. The fourth-order valence-electron chi connectivity index (χ4n) is 0. The Kier molecular flexibility index (Phi) is 9980. The van der Waals surface area contributed by atoms with Crippen molar-refractivity contribution in [1.29, 1.82) is 94.7 Å². The topological polar surface area (TPSA) is 428 Å². The number of hydrogen-bond donors (Lipinski definition) is 0. The molecule has 0 aromatic heterocycles. The minimum atomic E-state index is 0. The molecule has 43 heavy (non-hydrogen) atoms. The average Bonchev–Trinajstić information content (AvgIpc) is 3.21. The van der Waals surface area contributed by atoms with Crippen molar-refractivity contribution in [3.63, 3.8) is 0 Å². The maximum Gasteiger partial charge on any atom is 3.00 e. The molecule has 0 N–H and O–H groups in total. The molecule has 0 spiro atoms. The number of hydrogen-bond acceptors (Lipinski definition) is 18. The van der Waals surface area contributed by atoms with Crippen LogP contribution in [0.1, 0.15) is 0 Å². The molecule has 0 aromatic rings. The van der Waals surface area contributed by atoms with Crippen molar-refractivity contribution >= 4 is 71.7 Å². The van der Waals surface area contributed by atoms with Gasteiger partial charge >= 0.3 is 115 Å². The van der Waals surface area contributed by atoms with Crippen molar-refractivity contribution < 1.29 is 43.2 Å². The Morgan fingerprint density at radius 3 is 0.186 bits per heavy atom. The Balaban J connectivity index is -0.00000000465. The van der Waals surface area contributed by atoms with Crippen LogP contribution in [0, 0.1) is 213 Å². The molecule has 0 saturated heterocycles. The molecule has 0 aliphatic heterocycles. The molecule has 0 aromatic carbocycles. The summed E-state index contributed by atoms with van der Waals surface area (Å²) in [5.74, 6) is 0. The van der Waals surface area contributed by atoms with Gasteiger partial charge in [-0.2, -0.15) is 0 Å². The van der Waals surface area contributed by atoms with Gasteiger partial charge in [-0.05, 0) is 0 Å². The molecule has 0 aliphatic rings. The minimum Gasteiger partial charge on any atom is 3.00 e. The van der Waals surface area contributed by atoms with Crippen molar-refractivity contribution in [2.45, 2.75) is 0 Å². The molecule has 2 radical (unpaired) electrons. The van der Waals surface area contributed by atoms with Crippen LogP contribution in [0.25, 0.3) is 0 Å². The van der Waals surface area contributed by atoms with E-state index in [0.29, 0.717) is 0 Å². The first-order chi connectivity index (χ1) is 20.0. The Hall–Kier alpha value is -5.08. The molecule has 0 amide bonds. The molecular formula is C18Fe3Ga4N18-8. The zero-order valence-corrected chi connectivity index (χ0v) is 33.4. The van der Waals surface area contributed by atoms with Gasteiger partial charge in [-0.15, -0.1) is 0 Å².